The monoisotopic (exact) mass is 276 g/mol. The Hall–Kier alpha value is -1.49. The van der Waals surface area contributed by atoms with E-state index in [-0.39, 0.29) is 0 Å². The normalized spacial score (nSPS) is 10.3. The number of rotatable bonds is 5. The minimum absolute atomic E-state index is 0.420. The predicted octanol–water partition coefficient (Wildman–Crippen LogP) is 1.64. The van der Waals surface area contributed by atoms with E-state index in [0.29, 0.717) is 22.8 Å². The molecule has 2 aromatic rings. The molecule has 0 unspecified atom stereocenters. The summed E-state index contributed by atoms with van der Waals surface area (Å²) in [7, 11) is -1.47. The standard InChI is InChI=1S/C14H14BClO3/c16-13-6-4-11(5-7-13)8-9-19-14-3-1-2-12(10-14)15(17)18/h1-7,10,17-18H,8-9H2. The van der Waals surface area contributed by atoms with Crippen LogP contribution >= 0.6 is 11.6 Å². The first-order valence-electron chi connectivity index (χ1n) is 5.98. The Kier molecular flexibility index (Phi) is 4.85. The van der Waals surface area contributed by atoms with Crippen LogP contribution in [0.15, 0.2) is 48.5 Å². The molecule has 0 spiro atoms. The lowest BCUT2D eigenvalue weighted by atomic mass is 9.80. The molecule has 19 heavy (non-hydrogen) atoms. The Labute approximate surface area is 117 Å². The molecule has 2 aromatic carbocycles. The molecule has 0 aromatic heterocycles. The fourth-order valence-electron chi connectivity index (χ4n) is 1.70. The van der Waals surface area contributed by atoms with E-state index in [2.05, 4.69) is 0 Å². The molecule has 0 saturated carbocycles. The minimum Gasteiger partial charge on any atom is -0.493 e. The molecule has 0 bridgehead atoms. The summed E-state index contributed by atoms with van der Waals surface area (Å²) in [5.74, 6) is 0.625. The van der Waals surface area contributed by atoms with Gasteiger partial charge in [0.1, 0.15) is 5.75 Å². The van der Waals surface area contributed by atoms with Gasteiger partial charge in [-0.15, -0.1) is 0 Å². The SMILES string of the molecule is OB(O)c1cccc(OCCc2ccc(Cl)cc2)c1. The lowest BCUT2D eigenvalue weighted by molar-refractivity contribution is 0.322. The summed E-state index contributed by atoms with van der Waals surface area (Å²) in [5, 5.41) is 18.8. The smallest absolute Gasteiger partial charge is 0.488 e. The van der Waals surface area contributed by atoms with Crippen molar-refractivity contribution < 1.29 is 14.8 Å². The molecule has 0 aliphatic carbocycles. The summed E-state index contributed by atoms with van der Waals surface area (Å²) < 4.78 is 5.58. The van der Waals surface area contributed by atoms with Crippen LogP contribution in [-0.2, 0) is 6.42 Å². The molecule has 0 saturated heterocycles. The summed E-state index contributed by atoms with van der Waals surface area (Å²) in [5.41, 5.74) is 1.56. The van der Waals surface area contributed by atoms with Gasteiger partial charge in [-0.3, -0.25) is 0 Å². The van der Waals surface area contributed by atoms with Crippen LogP contribution in [0.4, 0.5) is 0 Å². The van der Waals surface area contributed by atoms with Crippen LogP contribution in [0.5, 0.6) is 5.75 Å². The molecule has 0 aliphatic heterocycles. The Balaban J connectivity index is 1.88. The van der Waals surface area contributed by atoms with Gasteiger partial charge in [0.25, 0.3) is 0 Å². The van der Waals surface area contributed by atoms with Gasteiger partial charge in [0.15, 0.2) is 0 Å². The van der Waals surface area contributed by atoms with Crippen molar-refractivity contribution in [3.8, 4) is 5.75 Å². The van der Waals surface area contributed by atoms with Crippen LogP contribution in [0, 0.1) is 0 Å². The molecular formula is C14H14BClO3. The molecule has 2 rings (SSSR count). The maximum Gasteiger partial charge on any atom is 0.488 e. The van der Waals surface area contributed by atoms with Gasteiger partial charge < -0.3 is 14.8 Å². The fourth-order valence-corrected chi connectivity index (χ4v) is 1.83. The molecular weight excluding hydrogens is 262 g/mol. The van der Waals surface area contributed by atoms with Gasteiger partial charge in [-0.05, 0) is 35.3 Å². The summed E-state index contributed by atoms with van der Waals surface area (Å²) in [6, 6.07) is 14.4. The highest BCUT2D eigenvalue weighted by molar-refractivity contribution is 6.58. The van der Waals surface area contributed by atoms with Crippen molar-refractivity contribution >= 4 is 24.2 Å². The van der Waals surface area contributed by atoms with E-state index in [1.54, 1.807) is 24.3 Å². The van der Waals surface area contributed by atoms with Crippen molar-refractivity contribution in [2.75, 3.05) is 6.61 Å². The molecule has 98 valence electrons. The Morgan fingerprint density at radius 2 is 1.79 bits per heavy atom. The second kappa shape index (κ2) is 6.61. The van der Waals surface area contributed by atoms with Crippen molar-refractivity contribution in [3.05, 3.63) is 59.1 Å². The first-order chi connectivity index (χ1) is 9.15. The zero-order chi connectivity index (χ0) is 13.7. The van der Waals surface area contributed by atoms with Crippen molar-refractivity contribution in [3.63, 3.8) is 0 Å². The third kappa shape index (κ3) is 4.28. The van der Waals surface area contributed by atoms with Crippen molar-refractivity contribution in [2.45, 2.75) is 6.42 Å². The van der Waals surface area contributed by atoms with Crippen LogP contribution in [0.3, 0.4) is 0 Å². The second-order valence-corrected chi connectivity index (χ2v) is 4.61. The third-order valence-corrected chi connectivity index (χ3v) is 2.98. The highest BCUT2D eigenvalue weighted by atomic mass is 35.5. The van der Waals surface area contributed by atoms with Crippen molar-refractivity contribution in [2.24, 2.45) is 0 Å². The van der Waals surface area contributed by atoms with E-state index in [9.17, 15) is 0 Å². The Morgan fingerprint density at radius 3 is 2.47 bits per heavy atom. The molecule has 0 fully saturated rings. The van der Waals surface area contributed by atoms with Crippen molar-refractivity contribution in [1.82, 2.24) is 0 Å². The summed E-state index contributed by atoms with van der Waals surface area (Å²) in [6.45, 7) is 0.520. The summed E-state index contributed by atoms with van der Waals surface area (Å²) in [6.07, 6.45) is 0.767. The molecule has 0 amide bonds. The maximum absolute atomic E-state index is 9.07. The number of hydrogen-bond acceptors (Lipinski definition) is 3. The lowest BCUT2D eigenvalue weighted by Crippen LogP contribution is -2.29. The van der Waals surface area contributed by atoms with Gasteiger partial charge in [0.05, 0.1) is 6.61 Å². The number of hydrogen-bond donors (Lipinski definition) is 2. The Morgan fingerprint density at radius 1 is 1.05 bits per heavy atom. The summed E-state index contributed by atoms with van der Waals surface area (Å²) >= 11 is 5.81. The average molecular weight is 277 g/mol. The van der Waals surface area contributed by atoms with Crippen LogP contribution in [-0.4, -0.2) is 23.8 Å². The highest BCUT2D eigenvalue weighted by Crippen LogP contribution is 2.11. The van der Waals surface area contributed by atoms with E-state index < -0.39 is 7.12 Å². The molecule has 0 atom stereocenters. The Bertz CT molecular complexity index is 528. The number of halogens is 1. The van der Waals surface area contributed by atoms with Crippen LogP contribution in [0.25, 0.3) is 0 Å². The van der Waals surface area contributed by atoms with Gasteiger partial charge >= 0.3 is 7.12 Å². The zero-order valence-electron chi connectivity index (χ0n) is 10.3. The number of ether oxygens (including phenoxy) is 1. The quantitative estimate of drug-likeness (QED) is 0.816. The molecule has 5 heteroatoms. The van der Waals surface area contributed by atoms with Crippen molar-refractivity contribution in [1.29, 1.82) is 0 Å². The van der Waals surface area contributed by atoms with E-state index in [4.69, 9.17) is 26.4 Å². The summed E-state index contributed by atoms with van der Waals surface area (Å²) in [4.78, 5) is 0. The molecule has 2 N–H and O–H groups in total. The van der Waals surface area contributed by atoms with Gasteiger partial charge in [-0.2, -0.15) is 0 Å². The van der Waals surface area contributed by atoms with Crippen LogP contribution in [0.1, 0.15) is 5.56 Å². The zero-order valence-corrected chi connectivity index (χ0v) is 11.0. The molecule has 3 nitrogen and oxygen atoms in total. The van der Waals surface area contributed by atoms with E-state index in [1.807, 2.05) is 24.3 Å². The molecule has 0 radical (unpaired) electrons. The minimum atomic E-state index is -1.47. The molecule has 0 aliphatic rings. The predicted molar refractivity (Wildman–Crippen MR) is 76.9 cm³/mol. The lowest BCUT2D eigenvalue weighted by Gasteiger charge is -2.08. The van der Waals surface area contributed by atoms with Gasteiger partial charge in [-0.1, -0.05) is 35.9 Å². The van der Waals surface area contributed by atoms with E-state index >= 15 is 0 Å². The first-order valence-corrected chi connectivity index (χ1v) is 6.36. The van der Waals surface area contributed by atoms with Gasteiger partial charge in [0.2, 0.25) is 0 Å². The van der Waals surface area contributed by atoms with Crippen LogP contribution < -0.4 is 10.2 Å². The third-order valence-electron chi connectivity index (χ3n) is 2.73. The average Bonchev–Trinajstić information content (AvgIpc) is 2.41. The molecule has 0 heterocycles. The second-order valence-electron chi connectivity index (χ2n) is 4.17. The van der Waals surface area contributed by atoms with Gasteiger partial charge in [-0.25, -0.2) is 0 Å². The topological polar surface area (TPSA) is 49.7 Å². The number of benzene rings is 2. The van der Waals surface area contributed by atoms with E-state index in [1.165, 1.54) is 0 Å². The fraction of sp³-hybridized carbons (Fsp3) is 0.143. The maximum atomic E-state index is 9.07. The largest absolute Gasteiger partial charge is 0.493 e. The van der Waals surface area contributed by atoms with E-state index in [0.717, 1.165) is 12.0 Å². The first kappa shape index (κ1) is 13.9. The highest BCUT2D eigenvalue weighted by Gasteiger charge is 2.10. The van der Waals surface area contributed by atoms with Crippen LogP contribution in [0.2, 0.25) is 5.02 Å². The van der Waals surface area contributed by atoms with Gasteiger partial charge in [0, 0.05) is 11.4 Å².